The van der Waals surface area contributed by atoms with Gasteiger partial charge in [-0.1, -0.05) is 43.6 Å². The molecular formula is C21H25ClN2O6S. The highest BCUT2D eigenvalue weighted by Crippen LogP contribution is 2.27. The summed E-state index contributed by atoms with van der Waals surface area (Å²) in [6.07, 6.45) is 0. The van der Waals surface area contributed by atoms with Gasteiger partial charge in [0.05, 0.1) is 5.02 Å². The van der Waals surface area contributed by atoms with Crippen LogP contribution in [0.3, 0.4) is 0 Å². The Labute approximate surface area is 187 Å². The van der Waals surface area contributed by atoms with E-state index in [1.807, 2.05) is 26.0 Å². The molecule has 2 aromatic carbocycles. The van der Waals surface area contributed by atoms with Gasteiger partial charge in [-0.15, -0.1) is 0 Å². The number of nitrogens with one attached hydrogen (secondary N) is 1. The van der Waals surface area contributed by atoms with E-state index in [2.05, 4.69) is 5.32 Å². The summed E-state index contributed by atoms with van der Waals surface area (Å²) >= 11 is 5.98. The van der Waals surface area contributed by atoms with E-state index in [1.165, 1.54) is 32.3 Å². The molecule has 2 rings (SSSR count). The topological polar surface area (TPSA) is 102 Å². The monoisotopic (exact) mass is 468 g/mol. The molecule has 0 saturated carbocycles. The maximum atomic E-state index is 12.3. The quantitative estimate of drug-likeness (QED) is 0.566. The first kappa shape index (κ1) is 24.6. The molecule has 0 bridgehead atoms. The summed E-state index contributed by atoms with van der Waals surface area (Å²) < 4.78 is 36.1. The number of hydrogen-bond acceptors (Lipinski definition) is 6. The third-order valence-electron chi connectivity index (χ3n) is 4.22. The number of benzene rings is 2. The van der Waals surface area contributed by atoms with E-state index in [0.717, 1.165) is 9.87 Å². The van der Waals surface area contributed by atoms with E-state index in [-0.39, 0.29) is 28.1 Å². The summed E-state index contributed by atoms with van der Waals surface area (Å²) in [6, 6.07) is 11.4. The van der Waals surface area contributed by atoms with Crippen molar-refractivity contribution in [1.29, 1.82) is 0 Å². The predicted octanol–water partition coefficient (Wildman–Crippen LogP) is 3.27. The van der Waals surface area contributed by atoms with Gasteiger partial charge < -0.3 is 14.8 Å². The molecule has 2 aromatic rings. The Morgan fingerprint density at radius 3 is 2.42 bits per heavy atom. The number of amides is 1. The predicted molar refractivity (Wildman–Crippen MR) is 118 cm³/mol. The molecule has 31 heavy (non-hydrogen) atoms. The van der Waals surface area contributed by atoms with Crippen LogP contribution in [-0.4, -0.2) is 51.9 Å². The smallest absolute Gasteiger partial charge is 0.344 e. The first-order valence-electron chi connectivity index (χ1n) is 9.41. The molecule has 0 spiro atoms. The Hall–Kier alpha value is -2.62. The van der Waals surface area contributed by atoms with E-state index in [9.17, 15) is 18.0 Å². The second-order valence-corrected chi connectivity index (χ2v) is 9.65. The van der Waals surface area contributed by atoms with Gasteiger partial charge in [0.25, 0.3) is 5.91 Å². The first-order valence-corrected chi connectivity index (χ1v) is 11.2. The standard InChI is InChI=1S/C21H25ClN2O6S/c1-14(2)16-7-5-6-8-18(16)29-13-21(26)30-12-20(25)23-15-9-10-17(22)19(11-15)31(27,28)24(3)4/h5-11,14H,12-13H2,1-4H3,(H,23,25). The van der Waals surface area contributed by atoms with Gasteiger partial charge in [0.1, 0.15) is 10.6 Å². The average molecular weight is 469 g/mol. The Morgan fingerprint density at radius 2 is 1.77 bits per heavy atom. The van der Waals surface area contributed by atoms with E-state index < -0.39 is 28.5 Å². The number of sulfonamides is 1. The summed E-state index contributed by atoms with van der Waals surface area (Å²) in [5.41, 5.74) is 1.16. The second kappa shape index (κ2) is 10.6. The maximum absolute atomic E-state index is 12.3. The Balaban J connectivity index is 1.92. The number of halogens is 1. The molecule has 0 heterocycles. The van der Waals surface area contributed by atoms with Crippen LogP contribution in [0.2, 0.25) is 5.02 Å². The molecule has 0 aliphatic carbocycles. The fourth-order valence-electron chi connectivity index (χ4n) is 2.59. The lowest BCUT2D eigenvalue weighted by Gasteiger charge is -2.14. The summed E-state index contributed by atoms with van der Waals surface area (Å²) in [5, 5.41) is 2.50. The van der Waals surface area contributed by atoms with E-state index in [1.54, 1.807) is 12.1 Å². The van der Waals surface area contributed by atoms with E-state index in [0.29, 0.717) is 5.75 Å². The number of esters is 1. The molecule has 8 nitrogen and oxygen atoms in total. The Bertz CT molecular complexity index is 1050. The molecule has 10 heteroatoms. The number of anilines is 1. The number of para-hydroxylation sites is 1. The minimum Gasteiger partial charge on any atom is -0.482 e. The van der Waals surface area contributed by atoms with Gasteiger partial charge in [-0.2, -0.15) is 0 Å². The van der Waals surface area contributed by atoms with Crippen molar-refractivity contribution >= 4 is 39.2 Å². The van der Waals surface area contributed by atoms with Crippen LogP contribution in [-0.2, 0) is 24.3 Å². The lowest BCUT2D eigenvalue weighted by molar-refractivity contribution is -0.149. The minimum atomic E-state index is -3.79. The molecule has 0 fully saturated rings. The molecule has 0 saturated heterocycles. The molecule has 0 unspecified atom stereocenters. The van der Waals surface area contributed by atoms with Crippen molar-refractivity contribution in [2.45, 2.75) is 24.7 Å². The lowest BCUT2D eigenvalue weighted by Crippen LogP contribution is -2.25. The maximum Gasteiger partial charge on any atom is 0.344 e. The number of ether oxygens (including phenoxy) is 2. The number of carbonyl (C=O) groups is 2. The molecule has 0 aliphatic rings. The minimum absolute atomic E-state index is 0.0250. The van der Waals surface area contributed by atoms with Crippen LogP contribution in [0.1, 0.15) is 25.3 Å². The molecule has 0 radical (unpaired) electrons. The van der Waals surface area contributed by atoms with Crippen LogP contribution in [0.25, 0.3) is 0 Å². The van der Waals surface area contributed by atoms with Crippen molar-refractivity contribution in [2.75, 3.05) is 32.6 Å². The SMILES string of the molecule is CC(C)c1ccccc1OCC(=O)OCC(=O)Nc1ccc(Cl)c(S(=O)(=O)N(C)C)c1. The van der Waals surface area contributed by atoms with Gasteiger partial charge in [0, 0.05) is 19.8 Å². The molecule has 1 N–H and O–H groups in total. The highest BCUT2D eigenvalue weighted by atomic mass is 35.5. The summed E-state index contributed by atoms with van der Waals surface area (Å²) in [6.45, 7) is 3.13. The molecular weight excluding hydrogens is 444 g/mol. The normalized spacial score (nSPS) is 11.5. The first-order chi connectivity index (χ1) is 14.5. The van der Waals surface area contributed by atoms with Gasteiger partial charge in [0.15, 0.2) is 13.2 Å². The summed E-state index contributed by atoms with van der Waals surface area (Å²) in [7, 11) is -1.04. The highest BCUT2D eigenvalue weighted by Gasteiger charge is 2.21. The van der Waals surface area contributed by atoms with Crippen LogP contribution in [0.15, 0.2) is 47.4 Å². The van der Waals surface area contributed by atoms with Crippen molar-refractivity contribution in [1.82, 2.24) is 4.31 Å². The lowest BCUT2D eigenvalue weighted by atomic mass is 10.0. The molecule has 0 atom stereocenters. The second-order valence-electron chi connectivity index (χ2n) is 7.12. The fourth-order valence-corrected chi connectivity index (χ4v) is 3.98. The van der Waals surface area contributed by atoms with Crippen molar-refractivity contribution in [3.8, 4) is 5.75 Å². The van der Waals surface area contributed by atoms with E-state index >= 15 is 0 Å². The van der Waals surface area contributed by atoms with E-state index in [4.69, 9.17) is 21.1 Å². The Kier molecular flexibility index (Phi) is 8.43. The number of hydrogen-bond donors (Lipinski definition) is 1. The van der Waals surface area contributed by atoms with Crippen molar-refractivity contribution in [3.63, 3.8) is 0 Å². The third-order valence-corrected chi connectivity index (χ3v) is 6.52. The zero-order valence-corrected chi connectivity index (χ0v) is 19.3. The number of nitrogens with zero attached hydrogens (tertiary/aromatic N) is 1. The third kappa shape index (κ3) is 6.68. The molecule has 0 aliphatic heterocycles. The van der Waals surface area contributed by atoms with Gasteiger partial charge >= 0.3 is 5.97 Å². The summed E-state index contributed by atoms with van der Waals surface area (Å²) in [5.74, 6) is -0.541. The number of rotatable bonds is 9. The molecule has 0 aromatic heterocycles. The molecule has 1 amide bonds. The van der Waals surface area contributed by atoms with Crippen LogP contribution in [0.5, 0.6) is 5.75 Å². The zero-order valence-electron chi connectivity index (χ0n) is 17.7. The fraction of sp³-hybridized carbons (Fsp3) is 0.333. The van der Waals surface area contributed by atoms with Crippen LogP contribution < -0.4 is 10.1 Å². The zero-order chi connectivity index (χ0) is 23.2. The van der Waals surface area contributed by atoms with Gasteiger partial charge in [-0.05, 0) is 35.7 Å². The van der Waals surface area contributed by atoms with Gasteiger partial charge in [-0.25, -0.2) is 17.5 Å². The Morgan fingerprint density at radius 1 is 1.10 bits per heavy atom. The highest BCUT2D eigenvalue weighted by molar-refractivity contribution is 7.89. The molecule has 168 valence electrons. The average Bonchev–Trinajstić information content (AvgIpc) is 2.72. The van der Waals surface area contributed by atoms with Crippen molar-refractivity contribution in [2.24, 2.45) is 0 Å². The van der Waals surface area contributed by atoms with Gasteiger partial charge in [-0.3, -0.25) is 4.79 Å². The van der Waals surface area contributed by atoms with Gasteiger partial charge in [0.2, 0.25) is 10.0 Å². The van der Waals surface area contributed by atoms with Crippen molar-refractivity contribution < 1.29 is 27.5 Å². The van der Waals surface area contributed by atoms with Crippen molar-refractivity contribution in [3.05, 3.63) is 53.1 Å². The summed E-state index contributed by atoms with van der Waals surface area (Å²) in [4.78, 5) is 23.9. The van der Waals surface area contributed by atoms with Crippen LogP contribution >= 0.6 is 11.6 Å². The largest absolute Gasteiger partial charge is 0.482 e. The van der Waals surface area contributed by atoms with Crippen LogP contribution in [0, 0.1) is 0 Å². The number of carbonyl (C=O) groups excluding carboxylic acids is 2. The van der Waals surface area contributed by atoms with Crippen LogP contribution in [0.4, 0.5) is 5.69 Å².